The fraction of sp³-hybridized carbons (Fsp3) is 0.708. The van der Waals surface area contributed by atoms with E-state index in [2.05, 4.69) is 38.1 Å². The van der Waals surface area contributed by atoms with Crippen LogP contribution in [0.1, 0.15) is 63.0 Å². The lowest BCUT2D eigenvalue weighted by Gasteiger charge is -2.52. The van der Waals surface area contributed by atoms with E-state index in [-0.39, 0.29) is 23.5 Å². The molecule has 0 radical (unpaired) electrons. The first-order chi connectivity index (χ1) is 13.4. The van der Waals surface area contributed by atoms with E-state index in [1.165, 1.54) is 11.1 Å². The van der Waals surface area contributed by atoms with Gasteiger partial charge in [0.25, 0.3) is 0 Å². The second-order valence-electron chi connectivity index (χ2n) is 10.3. The van der Waals surface area contributed by atoms with E-state index in [1.807, 2.05) is 4.90 Å². The first-order valence-electron chi connectivity index (χ1n) is 11.1. The smallest absolute Gasteiger partial charge is 0.223 e. The Morgan fingerprint density at radius 3 is 2.46 bits per heavy atom. The molecular weight excluding hydrogens is 350 g/mol. The van der Waals surface area contributed by atoms with Crippen LogP contribution in [0.15, 0.2) is 24.3 Å². The average Bonchev–Trinajstić information content (AvgIpc) is 3.23. The van der Waals surface area contributed by atoms with Gasteiger partial charge in [-0.25, -0.2) is 0 Å². The quantitative estimate of drug-likeness (QED) is 0.840. The van der Waals surface area contributed by atoms with Crippen LogP contribution in [0.3, 0.4) is 0 Å². The molecule has 152 valence electrons. The third kappa shape index (κ3) is 2.68. The van der Waals surface area contributed by atoms with E-state index >= 15 is 0 Å². The van der Waals surface area contributed by atoms with Crippen molar-refractivity contribution >= 4 is 5.91 Å². The summed E-state index contributed by atoms with van der Waals surface area (Å²) in [5.41, 5.74) is 2.55. The van der Waals surface area contributed by atoms with Crippen LogP contribution in [0.2, 0.25) is 0 Å². The zero-order valence-corrected chi connectivity index (χ0v) is 17.1. The number of aliphatic hydroxyl groups is 2. The summed E-state index contributed by atoms with van der Waals surface area (Å²) < 4.78 is 0. The summed E-state index contributed by atoms with van der Waals surface area (Å²) in [4.78, 5) is 14.9. The van der Waals surface area contributed by atoms with E-state index in [0.29, 0.717) is 49.1 Å². The molecule has 1 amide bonds. The Balaban J connectivity index is 1.49. The van der Waals surface area contributed by atoms with Crippen molar-refractivity contribution in [2.24, 2.45) is 23.7 Å². The van der Waals surface area contributed by atoms with Crippen molar-refractivity contribution in [3.8, 4) is 0 Å². The molecule has 3 aliphatic carbocycles. The molecule has 1 saturated heterocycles. The number of amides is 1. The Morgan fingerprint density at radius 1 is 1.14 bits per heavy atom. The average molecular weight is 384 g/mol. The van der Waals surface area contributed by atoms with Crippen molar-refractivity contribution in [3.05, 3.63) is 35.4 Å². The van der Waals surface area contributed by atoms with Gasteiger partial charge in [-0.15, -0.1) is 0 Å². The minimum Gasteiger partial charge on any atom is -0.393 e. The van der Waals surface area contributed by atoms with Crippen molar-refractivity contribution in [3.63, 3.8) is 0 Å². The molecule has 5 rings (SSSR count). The number of rotatable bonds is 4. The van der Waals surface area contributed by atoms with Gasteiger partial charge >= 0.3 is 0 Å². The second-order valence-corrected chi connectivity index (χ2v) is 10.3. The number of hydrogen-bond acceptors (Lipinski definition) is 3. The molecule has 1 aliphatic heterocycles. The Kier molecular flexibility index (Phi) is 4.37. The van der Waals surface area contributed by atoms with Crippen LogP contribution in [0.4, 0.5) is 0 Å². The molecule has 0 spiro atoms. The maximum absolute atomic E-state index is 13.1. The number of hydrogen-bond donors (Lipinski definition) is 2. The van der Waals surface area contributed by atoms with Gasteiger partial charge in [0, 0.05) is 24.9 Å². The highest BCUT2D eigenvalue weighted by Crippen LogP contribution is 2.64. The van der Waals surface area contributed by atoms with Gasteiger partial charge in [-0.3, -0.25) is 4.79 Å². The topological polar surface area (TPSA) is 60.8 Å². The highest BCUT2D eigenvalue weighted by molar-refractivity contribution is 5.79. The van der Waals surface area contributed by atoms with E-state index in [9.17, 15) is 15.0 Å². The summed E-state index contributed by atoms with van der Waals surface area (Å²) >= 11 is 0. The summed E-state index contributed by atoms with van der Waals surface area (Å²) in [7, 11) is 0. The van der Waals surface area contributed by atoms with Crippen LogP contribution in [0.5, 0.6) is 0 Å². The molecule has 28 heavy (non-hydrogen) atoms. The maximum atomic E-state index is 13.1. The SMILES string of the molecule is CC(C)c1ccc(C2(CC(=O)N3CC(O)C3)CCC3C(O)C4CC3C2C4)cc1. The van der Waals surface area contributed by atoms with E-state index in [0.717, 1.165) is 25.7 Å². The standard InChI is InChI=1S/C24H33NO3/c1-14(2)15-3-5-17(6-4-15)24(11-22(27)25-12-18(26)13-25)8-7-19-20-9-16(23(19)28)10-21(20)24/h3-6,14,16,18-21,23,26,28H,7-13H2,1-2H3. The van der Waals surface area contributed by atoms with Gasteiger partial charge in [0.1, 0.15) is 0 Å². The molecular formula is C24H33NO3. The molecule has 0 aromatic heterocycles. The highest BCUT2D eigenvalue weighted by Gasteiger charge is 2.61. The first-order valence-corrected chi connectivity index (χ1v) is 11.1. The number of carbonyl (C=O) groups excluding carboxylic acids is 1. The molecule has 6 unspecified atom stereocenters. The highest BCUT2D eigenvalue weighted by atomic mass is 16.3. The van der Waals surface area contributed by atoms with Gasteiger partial charge in [0.05, 0.1) is 12.2 Å². The number of likely N-dealkylation sites (tertiary alicyclic amines) is 1. The van der Waals surface area contributed by atoms with Gasteiger partial charge in [-0.1, -0.05) is 38.1 Å². The van der Waals surface area contributed by atoms with Crippen LogP contribution < -0.4 is 0 Å². The van der Waals surface area contributed by atoms with E-state index in [1.54, 1.807) is 0 Å². The number of nitrogens with zero attached hydrogens (tertiary/aromatic N) is 1. The Labute approximate surface area is 167 Å². The number of fused-ring (bicyclic) bond motifs is 1. The molecule has 4 fully saturated rings. The summed E-state index contributed by atoms with van der Waals surface area (Å²) in [5, 5.41) is 20.2. The molecule has 6 atom stereocenters. The molecule has 1 aromatic carbocycles. The lowest BCUT2D eigenvalue weighted by atomic mass is 9.53. The Hall–Kier alpha value is -1.39. The van der Waals surface area contributed by atoms with Crippen molar-refractivity contribution in [1.29, 1.82) is 0 Å². The minimum absolute atomic E-state index is 0.108. The zero-order valence-electron chi connectivity index (χ0n) is 17.1. The number of β-amino-alcohol motifs (C(OH)–C–C–N with tert-alkyl or cyclic N) is 1. The van der Waals surface area contributed by atoms with Gasteiger partial charge in [-0.2, -0.15) is 0 Å². The maximum Gasteiger partial charge on any atom is 0.223 e. The van der Waals surface area contributed by atoms with Crippen molar-refractivity contribution in [2.75, 3.05) is 13.1 Å². The molecule has 1 heterocycles. The van der Waals surface area contributed by atoms with Crippen LogP contribution in [0.25, 0.3) is 0 Å². The Bertz CT molecular complexity index is 754. The van der Waals surface area contributed by atoms with Gasteiger partial charge < -0.3 is 15.1 Å². The van der Waals surface area contributed by atoms with E-state index < -0.39 is 0 Å². The third-order valence-electron chi connectivity index (χ3n) is 8.59. The predicted octanol–water partition coefficient (Wildman–Crippen LogP) is 3.07. The van der Waals surface area contributed by atoms with Gasteiger partial charge in [0.2, 0.25) is 5.91 Å². The fourth-order valence-electron chi connectivity index (χ4n) is 7.02. The van der Waals surface area contributed by atoms with Gasteiger partial charge in [-0.05, 0) is 66.4 Å². The number of benzene rings is 1. The monoisotopic (exact) mass is 383 g/mol. The number of carbonyl (C=O) groups is 1. The summed E-state index contributed by atoms with van der Waals surface area (Å²) in [6, 6.07) is 9.04. The summed E-state index contributed by atoms with van der Waals surface area (Å²) in [5.74, 6) is 2.62. The van der Waals surface area contributed by atoms with Crippen LogP contribution in [-0.4, -0.2) is 46.3 Å². The van der Waals surface area contributed by atoms with Crippen molar-refractivity contribution in [2.45, 2.75) is 69.5 Å². The fourth-order valence-corrected chi connectivity index (χ4v) is 7.02. The van der Waals surface area contributed by atoms with Gasteiger partial charge in [0.15, 0.2) is 0 Å². The predicted molar refractivity (Wildman–Crippen MR) is 108 cm³/mol. The molecule has 4 nitrogen and oxygen atoms in total. The summed E-state index contributed by atoms with van der Waals surface area (Å²) in [6.45, 7) is 5.40. The molecule has 4 heteroatoms. The number of aliphatic hydroxyl groups excluding tert-OH is 2. The minimum atomic E-state index is -0.349. The molecule has 2 N–H and O–H groups in total. The van der Waals surface area contributed by atoms with Crippen LogP contribution in [-0.2, 0) is 10.2 Å². The lowest BCUT2D eigenvalue weighted by Crippen LogP contribution is -2.56. The summed E-state index contributed by atoms with van der Waals surface area (Å²) in [6.07, 6.45) is 4.30. The third-order valence-corrected chi connectivity index (χ3v) is 8.59. The molecule has 3 saturated carbocycles. The first kappa shape index (κ1) is 18.6. The molecule has 2 bridgehead atoms. The van der Waals surface area contributed by atoms with Crippen LogP contribution >= 0.6 is 0 Å². The second kappa shape index (κ2) is 6.56. The largest absolute Gasteiger partial charge is 0.393 e. The lowest BCUT2D eigenvalue weighted by molar-refractivity contribution is -0.145. The Morgan fingerprint density at radius 2 is 1.86 bits per heavy atom. The van der Waals surface area contributed by atoms with E-state index in [4.69, 9.17) is 0 Å². The zero-order chi connectivity index (χ0) is 19.6. The van der Waals surface area contributed by atoms with Crippen molar-refractivity contribution < 1.29 is 15.0 Å². The molecule has 1 aromatic rings. The van der Waals surface area contributed by atoms with Crippen LogP contribution in [0, 0.1) is 23.7 Å². The normalized spacial score (nSPS) is 39.5. The molecule has 4 aliphatic rings. The van der Waals surface area contributed by atoms with Crippen molar-refractivity contribution in [1.82, 2.24) is 4.90 Å².